The Kier molecular flexibility index (Phi) is 3.84. The van der Waals surface area contributed by atoms with Crippen LogP contribution in [-0.4, -0.2) is 26.7 Å². The molecule has 3 aromatic rings. The summed E-state index contributed by atoms with van der Waals surface area (Å²) in [4.78, 5) is 18.8. The van der Waals surface area contributed by atoms with Gasteiger partial charge in [-0.2, -0.15) is 15.5 Å². The molecule has 2 amide bonds. The Morgan fingerprint density at radius 3 is 2.50 bits per heavy atom. The van der Waals surface area contributed by atoms with E-state index in [4.69, 9.17) is 5.73 Å². The number of fused-ring (bicyclic) bond motifs is 3. The minimum atomic E-state index is -0.425. The first kappa shape index (κ1) is 16.5. The second-order valence-corrected chi connectivity index (χ2v) is 6.71. The molecule has 8 heteroatoms. The number of nitrogens with one attached hydrogen (secondary N) is 1. The number of amides is 2. The van der Waals surface area contributed by atoms with Gasteiger partial charge in [0.1, 0.15) is 6.17 Å². The van der Waals surface area contributed by atoms with Crippen LogP contribution in [0.15, 0.2) is 71.9 Å². The van der Waals surface area contributed by atoms with Crippen LogP contribution in [0.3, 0.4) is 0 Å². The van der Waals surface area contributed by atoms with Gasteiger partial charge in [-0.25, -0.2) is 19.4 Å². The molecule has 1 unspecified atom stereocenters. The summed E-state index contributed by atoms with van der Waals surface area (Å²) in [5, 5.41) is 5.98. The second-order valence-electron chi connectivity index (χ2n) is 6.71. The van der Waals surface area contributed by atoms with Crippen molar-refractivity contribution in [2.75, 3.05) is 5.01 Å². The molecule has 0 bridgehead atoms. The maximum absolute atomic E-state index is 12.9. The third-order valence-corrected chi connectivity index (χ3v) is 4.98. The Bertz CT molecular complexity index is 1040. The molecule has 3 heterocycles. The molecule has 2 aliphatic heterocycles. The predicted octanol–water partition coefficient (Wildman–Crippen LogP) is 2.53. The molecule has 28 heavy (non-hydrogen) atoms. The number of hydrazine groups is 1. The lowest BCUT2D eigenvalue weighted by Gasteiger charge is -2.24. The van der Waals surface area contributed by atoms with Crippen molar-refractivity contribution in [1.82, 2.24) is 20.1 Å². The lowest BCUT2D eigenvalue weighted by Crippen LogP contribution is -2.43. The molecule has 1 aromatic heterocycles. The number of nitrogens with zero attached hydrogens (tertiary/aromatic N) is 5. The summed E-state index contributed by atoms with van der Waals surface area (Å²) in [7, 11) is 0. The fourth-order valence-electron chi connectivity index (χ4n) is 3.57. The van der Waals surface area contributed by atoms with Gasteiger partial charge in [0.15, 0.2) is 5.82 Å². The van der Waals surface area contributed by atoms with Crippen LogP contribution >= 0.6 is 0 Å². The van der Waals surface area contributed by atoms with Crippen molar-refractivity contribution < 1.29 is 4.79 Å². The lowest BCUT2D eigenvalue weighted by atomic mass is 10.1. The summed E-state index contributed by atoms with van der Waals surface area (Å²) < 4.78 is 1.84. The number of benzene rings is 2. The molecule has 3 N–H and O–H groups in total. The number of aliphatic imine (C=N–C) groups is 1. The number of aryl methyl sites for hydroxylation is 2. The van der Waals surface area contributed by atoms with E-state index in [2.05, 4.69) is 27.6 Å². The highest BCUT2D eigenvalue weighted by atomic mass is 16.2. The Morgan fingerprint density at radius 1 is 1.04 bits per heavy atom. The highest BCUT2D eigenvalue weighted by Gasteiger charge is 2.45. The van der Waals surface area contributed by atoms with Gasteiger partial charge in [-0.05, 0) is 24.1 Å². The van der Waals surface area contributed by atoms with E-state index in [0.29, 0.717) is 12.4 Å². The van der Waals surface area contributed by atoms with E-state index in [1.807, 2.05) is 53.2 Å². The molecule has 8 nitrogen and oxygen atoms in total. The topological polar surface area (TPSA) is 91.8 Å². The molecule has 0 spiro atoms. The number of aromatic nitrogens is 2. The van der Waals surface area contributed by atoms with Crippen LogP contribution in [0, 0.1) is 0 Å². The van der Waals surface area contributed by atoms with E-state index >= 15 is 0 Å². The Morgan fingerprint density at radius 2 is 1.75 bits per heavy atom. The number of carbonyl (C=O) groups is 1. The van der Waals surface area contributed by atoms with Crippen molar-refractivity contribution >= 4 is 23.5 Å². The summed E-state index contributed by atoms with van der Waals surface area (Å²) >= 11 is 0. The van der Waals surface area contributed by atoms with Gasteiger partial charge < -0.3 is 5.73 Å². The lowest BCUT2D eigenvalue weighted by molar-refractivity contribution is 0.230. The van der Waals surface area contributed by atoms with Gasteiger partial charge in [0, 0.05) is 6.54 Å². The second kappa shape index (κ2) is 6.50. The number of nitrogens with two attached hydrogens (primary N) is 1. The summed E-state index contributed by atoms with van der Waals surface area (Å²) in [6.07, 6.45) is 2.16. The van der Waals surface area contributed by atoms with Crippen molar-refractivity contribution in [3.8, 4) is 0 Å². The number of anilines is 1. The maximum Gasteiger partial charge on any atom is 0.347 e. The summed E-state index contributed by atoms with van der Waals surface area (Å²) in [5.74, 6) is 0.847. The van der Waals surface area contributed by atoms with E-state index in [9.17, 15) is 4.79 Å². The van der Waals surface area contributed by atoms with Crippen molar-refractivity contribution in [3.05, 3.63) is 78.0 Å². The average Bonchev–Trinajstić information content (AvgIpc) is 3.29. The van der Waals surface area contributed by atoms with Crippen LogP contribution in [-0.2, 0) is 13.0 Å². The molecule has 1 saturated heterocycles. The number of hydrogen-bond donors (Lipinski definition) is 2. The Balaban J connectivity index is 1.43. The number of hydrogen-bond acceptors (Lipinski definition) is 5. The van der Waals surface area contributed by atoms with Crippen LogP contribution in [0.4, 0.5) is 16.3 Å². The standard InChI is InChI=1S/C20H19N7O/c21-19-23-17-16(13-22-25(17)12-11-14-7-3-1-4-8-14)18-24-27(20(28)26(18)19)15-9-5-2-6-10-15/h1-10,13,18,24H,11-12H2,(H2,21,23). The number of guanidine groups is 1. The number of para-hydroxylation sites is 1. The molecule has 5 rings (SSSR count). The number of carbonyl (C=O) groups excluding carboxylic acids is 1. The minimum absolute atomic E-state index is 0.162. The van der Waals surface area contributed by atoms with Crippen LogP contribution in [0.25, 0.3) is 0 Å². The SMILES string of the molecule is NC1=Nc2c(cnn2CCc2ccccc2)C2NN(c3ccccc3)C(=O)N12. The molecule has 1 fully saturated rings. The van der Waals surface area contributed by atoms with Crippen LogP contribution in [0.5, 0.6) is 0 Å². The Hall–Kier alpha value is -3.65. The molecule has 1 atom stereocenters. The van der Waals surface area contributed by atoms with Crippen molar-refractivity contribution in [3.63, 3.8) is 0 Å². The van der Waals surface area contributed by atoms with E-state index in [1.54, 1.807) is 6.20 Å². The third kappa shape index (κ3) is 2.62. The van der Waals surface area contributed by atoms with Gasteiger partial charge in [-0.15, -0.1) is 0 Å². The van der Waals surface area contributed by atoms with Crippen molar-refractivity contribution in [1.29, 1.82) is 0 Å². The fourth-order valence-corrected chi connectivity index (χ4v) is 3.57. The van der Waals surface area contributed by atoms with E-state index in [1.165, 1.54) is 15.5 Å². The Labute approximate surface area is 161 Å². The quantitative estimate of drug-likeness (QED) is 0.735. The number of urea groups is 1. The van der Waals surface area contributed by atoms with Crippen LogP contribution in [0.2, 0.25) is 0 Å². The largest absolute Gasteiger partial charge is 0.369 e. The van der Waals surface area contributed by atoms with Crippen molar-refractivity contribution in [2.45, 2.75) is 19.1 Å². The highest BCUT2D eigenvalue weighted by molar-refractivity contribution is 6.06. The van der Waals surface area contributed by atoms with Gasteiger partial charge in [0.25, 0.3) is 0 Å². The molecular formula is C20H19N7O. The minimum Gasteiger partial charge on any atom is -0.369 e. The van der Waals surface area contributed by atoms with E-state index in [0.717, 1.165) is 17.7 Å². The first-order chi connectivity index (χ1) is 13.7. The van der Waals surface area contributed by atoms with Gasteiger partial charge in [0.05, 0.1) is 17.4 Å². The van der Waals surface area contributed by atoms with Gasteiger partial charge >= 0.3 is 6.03 Å². The zero-order valence-corrected chi connectivity index (χ0v) is 15.1. The predicted molar refractivity (Wildman–Crippen MR) is 106 cm³/mol. The van der Waals surface area contributed by atoms with Crippen LogP contribution in [0.1, 0.15) is 17.3 Å². The molecule has 2 aliphatic rings. The molecule has 0 aliphatic carbocycles. The van der Waals surface area contributed by atoms with Gasteiger partial charge in [0.2, 0.25) is 5.96 Å². The molecular weight excluding hydrogens is 354 g/mol. The molecule has 0 radical (unpaired) electrons. The third-order valence-electron chi connectivity index (χ3n) is 4.98. The number of rotatable bonds is 4. The molecule has 140 valence electrons. The maximum atomic E-state index is 12.9. The van der Waals surface area contributed by atoms with Gasteiger partial charge in [-0.1, -0.05) is 48.5 Å². The molecule has 2 aromatic carbocycles. The summed E-state index contributed by atoms with van der Waals surface area (Å²) in [6.45, 7) is 0.680. The smallest absolute Gasteiger partial charge is 0.347 e. The highest BCUT2D eigenvalue weighted by Crippen LogP contribution is 2.37. The summed E-state index contributed by atoms with van der Waals surface area (Å²) in [6, 6.07) is 19.3. The first-order valence-corrected chi connectivity index (χ1v) is 9.11. The van der Waals surface area contributed by atoms with Crippen LogP contribution < -0.4 is 16.2 Å². The summed E-state index contributed by atoms with van der Waals surface area (Å²) in [5.41, 5.74) is 12.2. The monoisotopic (exact) mass is 373 g/mol. The normalized spacial score (nSPS) is 18.1. The van der Waals surface area contributed by atoms with E-state index < -0.39 is 6.17 Å². The van der Waals surface area contributed by atoms with Gasteiger partial charge in [-0.3, -0.25) is 0 Å². The fraction of sp³-hybridized carbons (Fsp3) is 0.150. The van der Waals surface area contributed by atoms with Crippen molar-refractivity contribution in [2.24, 2.45) is 10.7 Å². The zero-order valence-electron chi connectivity index (χ0n) is 15.1. The molecule has 0 saturated carbocycles. The van der Waals surface area contributed by atoms with E-state index in [-0.39, 0.29) is 12.0 Å². The zero-order chi connectivity index (χ0) is 19.1. The first-order valence-electron chi connectivity index (χ1n) is 9.11. The average molecular weight is 373 g/mol.